The van der Waals surface area contributed by atoms with Crippen LogP contribution < -0.4 is 10.0 Å². The molecule has 118 valence electrons. The molecule has 0 unspecified atom stereocenters. The number of nitrogens with one attached hydrogen (secondary N) is 2. The Balaban J connectivity index is 2.16. The lowest BCUT2D eigenvalue weighted by atomic mass is 10.1. The Morgan fingerprint density at radius 2 is 2.05 bits per heavy atom. The third-order valence-electron chi connectivity index (χ3n) is 3.77. The zero-order valence-corrected chi connectivity index (χ0v) is 13.4. The van der Waals surface area contributed by atoms with Gasteiger partial charge in [-0.25, -0.2) is 17.5 Å². The predicted octanol–water partition coefficient (Wildman–Crippen LogP) is 2.32. The lowest BCUT2D eigenvalue weighted by Gasteiger charge is -2.12. The quantitative estimate of drug-likeness (QED) is 0.774. The van der Waals surface area contributed by atoms with Crippen molar-refractivity contribution in [3.63, 3.8) is 0 Å². The van der Waals surface area contributed by atoms with E-state index < -0.39 is 15.8 Å². The van der Waals surface area contributed by atoms with Crippen LogP contribution in [0, 0.1) is 18.7 Å². The van der Waals surface area contributed by atoms with Gasteiger partial charge in [0.2, 0.25) is 10.0 Å². The average Bonchev–Trinajstić information content (AvgIpc) is 3.23. The number of sulfonamides is 1. The maximum Gasteiger partial charge on any atom is 0.240 e. The van der Waals surface area contributed by atoms with Crippen LogP contribution >= 0.6 is 0 Å². The highest BCUT2D eigenvalue weighted by Crippen LogP contribution is 2.32. The summed E-state index contributed by atoms with van der Waals surface area (Å²) in [5, 5.41) is 3.07. The van der Waals surface area contributed by atoms with Crippen molar-refractivity contribution < 1.29 is 12.8 Å². The largest absolute Gasteiger partial charge is 0.313 e. The summed E-state index contributed by atoms with van der Waals surface area (Å²) >= 11 is 0. The van der Waals surface area contributed by atoms with E-state index in [1.165, 1.54) is 25.8 Å². The lowest BCUT2D eigenvalue weighted by Crippen LogP contribution is -2.26. The zero-order valence-electron chi connectivity index (χ0n) is 12.6. The third kappa shape index (κ3) is 4.49. The van der Waals surface area contributed by atoms with Crippen LogP contribution in [0.3, 0.4) is 0 Å². The normalized spacial score (nSPS) is 15.4. The van der Waals surface area contributed by atoms with Gasteiger partial charge in [-0.3, -0.25) is 0 Å². The van der Waals surface area contributed by atoms with Crippen LogP contribution in [-0.2, 0) is 16.6 Å². The van der Waals surface area contributed by atoms with E-state index >= 15 is 0 Å². The summed E-state index contributed by atoms with van der Waals surface area (Å²) in [7, 11) is -3.65. The first kappa shape index (κ1) is 16.4. The molecule has 1 aliphatic carbocycles. The predicted molar refractivity (Wildman–Crippen MR) is 81.0 cm³/mol. The van der Waals surface area contributed by atoms with Gasteiger partial charge in [0.05, 0.1) is 4.90 Å². The van der Waals surface area contributed by atoms with Gasteiger partial charge in [-0.2, -0.15) is 0 Å². The van der Waals surface area contributed by atoms with Crippen LogP contribution in [0.5, 0.6) is 0 Å². The SMILES string of the molecule is CCNCc1cc(F)c(C)c(S(=O)(=O)NCCC2CC2)c1. The third-order valence-corrected chi connectivity index (χ3v) is 5.35. The summed E-state index contributed by atoms with van der Waals surface area (Å²) in [6, 6.07) is 2.95. The van der Waals surface area contributed by atoms with Gasteiger partial charge in [-0.1, -0.05) is 19.8 Å². The molecule has 1 saturated carbocycles. The van der Waals surface area contributed by atoms with Crippen molar-refractivity contribution in [2.24, 2.45) is 5.92 Å². The standard InChI is InChI=1S/C15H23FN2O2S/c1-3-17-10-13-8-14(16)11(2)15(9-13)21(19,20)18-7-6-12-4-5-12/h8-9,12,17-18H,3-7,10H2,1-2H3. The fraction of sp³-hybridized carbons (Fsp3) is 0.600. The van der Waals surface area contributed by atoms with E-state index in [0.29, 0.717) is 24.6 Å². The zero-order chi connectivity index (χ0) is 15.5. The molecule has 0 saturated heterocycles. The minimum Gasteiger partial charge on any atom is -0.313 e. The van der Waals surface area contributed by atoms with E-state index in [1.807, 2.05) is 6.92 Å². The van der Waals surface area contributed by atoms with Crippen molar-refractivity contribution in [1.29, 1.82) is 0 Å². The summed E-state index contributed by atoms with van der Waals surface area (Å²) in [5.74, 6) is 0.179. The molecule has 6 heteroatoms. The Morgan fingerprint density at radius 1 is 1.33 bits per heavy atom. The van der Waals surface area contributed by atoms with Crippen LogP contribution in [0.4, 0.5) is 4.39 Å². The Kier molecular flexibility index (Phi) is 5.35. The Bertz CT molecular complexity index is 598. The van der Waals surface area contributed by atoms with Gasteiger partial charge in [0.25, 0.3) is 0 Å². The van der Waals surface area contributed by atoms with Crippen LogP contribution in [-0.4, -0.2) is 21.5 Å². The van der Waals surface area contributed by atoms with Gasteiger partial charge in [0, 0.05) is 18.7 Å². The molecule has 2 rings (SSSR count). The van der Waals surface area contributed by atoms with Crippen molar-refractivity contribution in [2.45, 2.75) is 44.6 Å². The summed E-state index contributed by atoms with van der Waals surface area (Å²) in [4.78, 5) is 0.0474. The summed E-state index contributed by atoms with van der Waals surface area (Å²) in [6.07, 6.45) is 3.24. The fourth-order valence-electron chi connectivity index (χ4n) is 2.24. The molecular formula is C15H23FN2O2S. The van der Waals surface area contributed by atoms with E-state index in [4.69, 9.17) is 0 Å². The molecule has 1 aliphatic rings. The minimum atomic E-state index is -3.65. The molecule has 0 radical (unpaired) electrons. The molecule has 2 N–H and O–H groups in total. The Hall–Kier alpha value is -0.980. The topological polar surface area (TPSA) is 58.2 Å². The highest BCUT2D eigenvalue weighted by molar-refractivity contribution is 7.89. The smallest absolute Gasteiger partial charge is 0.240 e. The van der Waals surface area contributed by atoms with Crippen molar-refractivity contribution in [3.05, 3.63) is 29.1 Å². The van der Waals surface area contributed by atoms with E-state index in [0.717, 1.165) is 13.0 Å². The average molecular weight is 314 g/mol. The molecule has 0 amide bonds. The molecule has 4 nitrogen and oxygen atoms in total. The summed E-state index contributed by atoms with van der Waals surface area (Å²) in [6.45, 7) is 5.07. The highest BCUT2D eigenvalue weighted by Gasteiger charge is 2.23. The molecule has 1 aromatic carbocycles. The second-order valence-corrected chi connectivity index (χ2v) is 7.35. The minimum absolute atomic E-state index is 0.0474. The van der Waals surface area contributed by atoms with E-state index in [9.17, 15) is 12.8 Å². The number of hydrogen-bond acceptors (Lipinski definition) is 3. The Labute approximate surface area is 126 Å². The van der Waals surface area contributed by atoms with E-state index in [-0.39, 0.29) is 10.5 Å². The van der Waals surface area contributed by atoms with Gasteiger partial charge < -0.3 is 5.32 Å². The van der Waals surface area contributed by atoms with Gasteiger partial charge in [-0.05, 0) is 43.5 Å². The van der Waals surface area contributed by atoms with Crippen LogP contribution in [0.1, 0.15) is 37.3 Å². The van der Waals surface area contributed by atoms with E-state index in [1.54, 1.807) is 6.07 Å². The molecule has 1 aromatic rings. The monoisotopic (exact) mass is 314 g/mol. The first-order valence-corrected chi connectivity index (χ1v) is 8.91. The lowest BCUT2D eigenvalue weighted by molar-refractivity contribution is 0.568. The number of hydrogen-bond donors (Lipinski definition) is 2. The van der Waals surface area contributed by atoms with Crippen LogP contribution in [0.2, 0.25) is 0 Å². The van der Waals surface area contributed by atoms with Gasteiger partial charge >= 0.3 is 0 Å². The number of halogens is 1. The van der Waals surface area contributed by atoms with Crippen molar-refractivity contribution >= 4 is 10.0 Å². The highest BCUT2D eigenvalue weighted by atomic mass is 32.2. The van der Waals surface area contributed by atoms with Gasteiger partial charge in [-0.15, -0.1) is 0 Å². The maximum absolute atomic E-state index is 13.9. The first-order valence-electron chi connectivity index (χ1n) is 7.43. The molecular weight excluding hydrogens is 291 g/mol. The first-order chi connectivity index (χ1) is 9.94. The van der Waals surface area contributed by atoms with Crippen molar-refractivity contribution in [1.82, 2.24) is 10.0 Å². The molecule has 0 aromatic heterocycles. The molecule has 0 spiro atoms. The second kappa shape index (κ2) is 6.85. The van der Waals surface area contributed by atoms with E-state index in [2.05, 4.69) is 10.0 Å². The number of benzene rings is 1. The Morgan fingerprint density at radius 3 is 2.67 bits per heavy atom. The second-order valence-electron chi connectivity index (χ2n) is 5.61. The number of rotatable bonds is 8. The van der Waals surface area contributed by atoms with Crippen LogP contribution in [0.15, 0.2) is 17.0 Å². The molecule has 1 fully saturated rings. The van der Waals surface area contributed by atoms with Crippen molar-refractivity contribution in [2.75, 3.05) is 13.1 Å². The molecule has 0 heterocycles. The fourth-order valence-corrected chi connectivity index (χ4v) is 3.59. The van der Waals surface area contributed by atoms with Crippen molar-refractivity contribution in [3.8, 4) is 0 Å². The molecule has 21 heavy (non-hydrogen) atoms. The molecule has 0 bridgehead atoms. The van der Waals surface area contributed by atoms with Crippen LogP contribution in [0.25, 0.3) is 0 Å². The van der Waals surface area contributed by atoms with Gasteiger partial charge in [0.15, 0.2) is 0 Å². The van der Waals surface area contributed by atoms with Gasteiger partial charge in [0.1, 0.15) is 5.82 Å². The molecule has 0 atom stereocenters. The summed E-state index contributed by atoms with van der Waals surface area (Å²) in [5.41, 5.74) is 0.816. The summed E-state index contributed by atoms with van der Waals surface area (Å²) < 4.78 is 41.2. The molecule has 0 aliphatic heterocycles. The maximum atomic E-state index is 13.9.